The number of para-hydroxylation sites is 6. The zero-order chi connectivity index (χ0) is 41.7. The molecule has 0 N–H and O–H groups in total. The lowest BCUT2D eigenvalue weighted by atomic mass is 9.98. The van der Waals surface area contributed by atoms with Crippen LogP contribution in [0.15, 0.2) is 247 Å². The van der Waals surface area contributed by atoms with E-state index in [9.17, 15) is 0 Å². The molecule has 0 aliphatic heterocycles. The highest BCUT2D eigenvalue weighted by molar-refractivity contribution is 6.11. The Morgan fingerprint density at radius 3 is 1.62 bits per heavy atom. The Hall–Kier alpha value is -8.40. The van der Waals surface area contributed by atoms with E-state index < -0.39 is 0 Å². The molecule has 0 atom stereocenters. The predicted molar refractivity (Wildman–Crippen MR) is 264 cm³/mol. The molecule has 0 fully saturated rings. The molecule has 296 valence electrons. The Balaban J connectivity index is 0.941. The Kier molecular flexibility index (Phi) is 8.83. The fraction of sp³-hybridized carbons (Fsp3) is 0. The number of hydrogen-bond donors (Lipinski definition) is 0. The van der Waals surface area contributed by atoms with Crippen LogP contribution in [-0.2, 0) is 0 Å². The number of hydrogen-bond acceptors (Lipinski definition) is 2. The van der Waals surface area contributed by atoms with E-state index in [-0.39, 0.29) is 0 Å². The summed E-state index contributed by atoms with van der Waals surface area (Å²) in [6, 6.07) is 87.0. The predicted octanol–water partition coefficient (Wildman–Crippen LogP) is 16.8. The van der Waals surface area contributed by atoms with Gasteiger partial charge in [-0.25, -0.2) is 0 Å². The Labute approximate surface area is 366 Å². The van der Waals surface area contributed by atoms with Crippen LogP contribution in [0.4, 0.5) is 17.1 Å². The molecule has 12 rings (SSSR count). The van der Waals surface area contributed by atoms with Crippen molar-refractivity contribution in [3.8, 4) is 50.2 Å². The summed E-state index contributed by atoms with van der Waals surface area (Å²) in [6.45, 7) is 0. The second kappa shape index (κ2) is 15.3. The molecule has 3 nitrogen and oxygen atoms in total. The third-order valence-electron chi connectivity index (χ3n) is 12.4. The first-order valence-corrected chi connectivity index (χ1v) is 21.5. The van der Waals surface area contributed by atoms with Crippen LogP contribution in [0.3, 0.4) is 0 Å². The molecule has 2 aromatic heterocycles. The lowest BCUT2D eigenvalue weighted by Crippen LogP contribution is -2.11. The molecule has 12 aromatic rings. The van der Waals surface area contributed by atoms with Crippen molar-refractivity contribution in [2.24, 2.45) is 0 Å². The number of furan rings is 1. The minimum Gasteiger partial charge on any atom is -0.455 e. The van der Waals surface area contributed by atoms with Crippen LogP contribution in [0.1, 0.15) is 0 Å². The summed E-state index contributed by atoms with van der Waals surface area (Å²) in [7, 11) is 0. The Morgan fingerprint density at radius 2 is 0.841 bits per heavy atom. The summed E-state index contributed by atoms with van der Waals surface area (Å²) < 4.78 is 8.86. The molecule has 0 unspecified atom stereocenters. The molecule has 2 heterocycles. The van der Waals surface area contributed by atoms with Crippen LogP contribution in [0.2, 0.25) is 0 Å². The molecule has 10 aromatic carbocycles. The van der Waals surface area contributed by atoms with Crippen LogP contribution < -0.4 is 4.90 Å². The highest BCUT2D eigenvalue weighted by atomic mass is 16.3. The van der Waals surface area contributed by atoms with Crippen LogP contribution in [0.5, 0.6) is 0 Å². The van der Waals surface area contributed by atoms with Gasteiger partial charge in [-0.2, -0.15) is 0 Å². The molecule has 0 radical (unpaired) electrons. The minimum absolute atomic E-state index is 0.902. The van der Waals surface area contributed by atoms with Crippen molar-refractivity contribution in [1.29, 1.82) is 0 Å². The standard InChI is InChI=1S/C60H40N2O/c1-2-16-42(17-3-1)48-20-4-9-27-55(48)61(46-38-36-44(37-39-46)50-25-15-26-54-53-24-8-13-31-59(53)63-60(50)54)47-19-14-18-45(40-47)41-32-34-43(35-33-41)49-21-5-10-28-56(49)62-57-29-11-6-22-51(57)52-23-7-12-30-58(52)62/h1-40H. The number of anilines is 3. The molecule has 0 aliphatic rings. The van der Waals surface area contributed by atoms with Crippen molar-refractivity contribution in [3.05, 3.63) is 243 Å². The number of aromatic nitrogens is 1. The number of fused-ring (bicyclic) bond motifs is 6. The maximum Gasteiger partial charge on any atom is 0.143 e. The van der Waals surface area contributed by atoms with Crippen molar-refractivity contribution in [2.45, 2.75) is 0 Å². The summed E-state index contributed by atoms with van der Waals surface area (Å²) >= 11 is 0. The van der Waals surface area contributed by atoms with E-state index in [0.717, 1.165) is 72.5 Å². The minimum atomic E-state index is 0.902. The molecule has 0 saturated carbocycles. The zero-order valence-electron chi connectivity index (χ0n) is 34.4. The van der Waals surface area contributed by atoms with Crippen molar-refractivity contribution in [2.75, 3.05) is 4.90 Å². The van der Waals surface area contributed by atoms with Crippen LogP contribution in [-0.4, -0.2) is 4.57 Å². The third kappa shape index (κ3) is 6.29. The molecule has 63 heavy (non-hydrogen) atoms. The average molecular weight is 805 g/mol. The van der Waals surface area contributed by atoms with Crippen LogP contribution in [0.25, 0.3) is 93.9 Å². The monoisotopic (exact) mass is 804 g/mol. The van der Waals surface area contributed by atoms with E-state index in [1.165, 1.54) is 38.5 Å². The van der Waals surface area contributed by atoms with Gasteiger partial charge in [0.2, 0.25) is 0 Å². The van der Waals surface area contributed by atoms with E-state index in [4.69, 9.17) is 4.42 Å². The fourth-order valence-electron chi connectivity index (χ4n) is 9.48. The van der Waals surface area contributed by atoms with Gasteiger partial charge in [0.1, 0.15) is 11.2 Å². The molecule has 3 heteroatoms. The smallest absolute Gasteiger partial charge is 0.143 e. The van der Waals surface area contributed by atoms with E-state index in [0.29, 0.717) is 0 Å². The molecular formula is C60H40N2O. The SMILES string of the molecule is c1ccc(-c2ccccc2N(c2ccc(-c3cccc4c3oc3ccccc34)cc2)c2cccc(-c3ccc(-c4ccccc4-n4c5ccccc5c5ccccc54)cc3)c2)cc1. The van der Waals surface area contributed by atoms with Gasteiger partial charge < -0.3 is 13.9 Å². The second-order valence-corrected chi connectivity index (χ2v) is 16.1. The van der Waals surface area contributed by atoms with Gasteiger partial charge >= 0.3 is 0 Å². The quantitative estimate of drug-likeness (QED) is 0.153. The van der Waals surface area contributed by atoms with Gasteiger partial charge in [-0.05, 0) is 82.4 Å². The average Bonchev–Trinajstić information content (AvgIpc) is 3.91. The van der Waals surface area contributed by atoms with Gasteiger partial charge in [-0.3, -0.25) is 0 Å². The highest BCUT2D eigenvalue weighted by Crippen LogP contribution is 2.44. The molecule has 0 amide bonds. The largest absolute Gasteiger partial charge is 0.455 e. The maximum atomic E-state index is 6.45. The zero-order valence-corrected chi connectivity index (χ0v) is 34.4. The number of rotatable bonds is 8. The van der Waals surface area contributed by atoms with E-state index in [1.807, 2.05) is 12.1 Å². The summed E-state index contributed by atoms with van der Waals surface area (Å²) in [5.74, 6) is 0. The summed E-state index contributed by atoms with van der Waals surface area (Å²) in [6.07, 6.45) is 0. The molecular weight excluding hydrogens is 765 g/mol. The van der Waals surface area contributed by atoms with Gasteiger partial charge in [0, 0.05) is 49.6 Å². The lowest BCUT2D eigenvalue weighted by Gasteiger charge is -2.28. The molecule has 0 spiro atoms. The molecule has 0 aliphatic carbocycles. The lowest BCUT2D eigenvalue weighted by molar-refractivity contribution is 0.670. The van der Waals surface area contributed by atoms with E-state index >= 15 is 0 Å². The summed E-state index contributed by atoms with van der Waals surface area (Å²) in [5, 5.41) is 4.78. The Bertz CT molecular complexity index is 3560. The van der Waals surface area contributed by atoms with Gasteiger partial charge in [0.15, 0.2) is 0 Å². The summed E-state index contributed by atoms with van der Waals surface area (Å²) in [4.78, 5) is 2.38. The second-order valence-electron chi connectivity index (χ2n) is 16.1. The normalized spacial score (nSPS) is 11.5. The first-order chi connectivity index (χ1) is 31.3. The van der Waals surface area contributed by atoms with Gasteiger partial charge in [-0.15, -0.1) is 0 Å². The molecule has 0 saturated heterocycles. The molecule has 0 bridgehead atoms. The van der Waals surface area contributed by atoms with E-state index in [2.05, 4.69) is 240 Å². The number of nitrogens with zero attached hydrogens (tertiary/aromatic N) is 2. The topological polar surface area (TPSA) is 21.3 Å². The highest BCUT2D eigenvalue weighted by Gasteiger charge is 2.20. The van der Waals surface area contributed by atoms with Gasteiger partial charge in [-0.1, -0.05) is 188 Å². The maximum absolute atomic E-state index is 6.45. The van der Waals surface area contributed by atoms with Crippen molar-refractivity contribution in [1.82, 2.24) is 4.57 Å². The first kappa shape index (κ1) is 36.5. The number of benzene rings is 10. The fourth-order valence-corrected chi connectivity index (χ4v) is 9.48. The van der Waals surface area contributed by atoms with E-state index in [1.54, 1.807) is 0 Å². The summed E-state index contributed by atoms with van der Waals surface area (Å²) in [5.41, 5.74) is 17.8. The van der Waals surface area contributed by atoms with Crippen molar-refractivity contribution >= 4 is 60.8 Å². The van der Waals surface area contributed by atoms with Gasteiger partial charge in [0.05, 0.1) is 22.4 Å². The third-order valence-corrected chi connectivity index (χ3v) is 12.4. The van der Waals surface area contributed by atoms with Crippen molar-refractivity contribution in [3.63, 3.8) is 0 Å². The van der Waals surface area contributed by atoms with Crippen LogP contribution >= 0.6 is 0 Å². The first-order valence-electron chi connectivity index (χ1n) is 21.5. The van der Waals surface area contributed by atoms with Crippen LogP contribution in [0, 0.1) is 0 Å². The Morgan fingerprint density at radius 1 is 0.317 bits per heavy atom. The van der Waals surface area contributed by atoms with Gasteiger partial charge in [0.25, 0.3) is 0 Å². The van der Waals surface area contributed by atoms with Crippen molar-refractivity contribution < 1.29 is 4.42 Å².